The molecule has 7 nitrogen and oxygen atoms in total. The van der Waals surface area contributed by atoms with Gasteiger partial charge < -0.3 is 4.74 Å². The monoisotopic (exact) mass is 467 g/mol. The third-order valence-corrected chi connectivity index (χ3v) is 7.10. The number of nitrogens with zero attached hydrogens (tertiary/aromatic N) is 3. The van der Waals surface area contributed by atoms with E-state index < -0.39 is 9.84 Å². The topological polar surface area (TPSA) is 89.5 Å². The lowest BCUT2D eigenvalue weighted by Crippen LogP contribution is -2.31. The molecule has 0 fully saturated rings. The van der Waals surface area contributed by atoms with E-state index in [0.29, 0.717) is 17.4 Å². The summed E-state index contributed by atoms with van der Waals surface area (Å²) in [5.41, 5.74) is 2.41. The van der Waals surface area contributed by atoms with Gasteiger partial charge in [-0.25, -0.2) is 13.4 Å². The van der Waals surface area contributed by atoms with E-state index >= 15 is 0 Å². The maximum Gasteiger partial charge on any atom is 0.233 e. The minimum absolute atomic E-state index is 0.119. The van der Waals surface area contributed by atoms with E-state index in [9.17, 15) is 13.2 Å². The first kappa shape index (κ1) is 21.9. The Bertz CT molecular complexity index is 1350. The van der Waals surface area contributed by atoms with E-state index in [1.54, 1.807) is 36.5 Å². The number of benzene rings is 2. The number of sulfone groups is 1. The second kappa shape index (κ2) is 9.05. The number of ether oxygens (including phenoxy) is 1. The molecule has 0 aliphatic carbocycles. The van der Waals surface area contributed by atoms with Gasteiger partial charge >= 0.3 is 0 Å². The summed E-state index contributed by atoms with van der Waals surface area (Å²) >= 11 is 1.43. The van der Waals surface area contributed by atoms with Gasteiger partial charge in [-0.15, -0.1) is 0 Å². The van der Waals surface area contributed by atoms with Crippen LogP contribution in [0.4, 0.5) is 5.13 Å². The summed E-state index contributed by atoms with van der Waals surface area (Å²) < 4.78 is 29.6. The zero-order valence-electron chi connectivity index (χ0n) is 17.6. The first-order valence-corrected chi connectivity index (χ1v) is 12.5. The summed E-state index contributed by atoms with van der Waals surface area (Å²) in [6.45, 7) is 0.347. The highest BCUT2D eigenvalue weighted by atomic mass is 32.2. The number of amides is 1. The van der Waals surface area contributed by atoms with Gasteiger partial charge in [0.05, 0.1) is 35.2 Å². The van der Waals surface area contributed by atoms with Crippen LogP contribution >= 0.6 is 11.3 Å². The number of methoxy groups -OCH3 is 1. The molecule has 0 atom stereocenters. The van der Waals surface area contributed by atoms with Crippen LogP contribution in [0.1, 0.15) is 11.1 Å². The summed E-state index contributed by atoms with van der Waals surface area (Å²) in [6, 6.07) is 15.7. The van der Waals surface area contributed by atoms with Crippen LogP contribution in [0.2, 0.25) is 0 Å². The number of aromatic nitrogens is 2. The van der Waals surface area contributed by atoms with Crippen LogP contribution in [0.5, 0.6) is 5.75 Å². The number of thiazole rings is 1. The highest BCUT2D eigenvalue weighted by Gasteiger charge is 2.21. The molecular weight excluding hydrogens is 446 g/mol. The Balaban J connectivity index is 1.65. The van der Waals surface area contributed by atoms with Crippen LogP contribution in [0.15, 0.2) is 71.9 Å². The number of carbonyl (C=O) groups excluding carboxylic acids is 1. The molecule has 0 bridgehead atoms. The lowest BCUT2D eigenvalue weighted by molar-refractivity contribution is -0.118. The molecular formula is C23H21N3O4S2. The van der Waals surface area contributed by atoms with Crippen LogP contribution in [0.3, 0.4) is 0 Å². The Kier molecular flexibility index (Phi) is 6.20. The SMILES string of the molecule is COc1ccc2sc(N(Cc3ccncc3)C(=O)Cc3ccc(S(C)(=O)=O)cc3)nc2c1. The van der Waals surface area contributed by atoms with Gasteiger partial charge in [0.15, 0.2) is 15.0 Å². The molecule has 4 aromatic rings. The van der Waals surface area contributed by atoms with Crippen LogP contribution in [-0.4, -0.2) is 37.7 Å². The van der Waals surface area contributed by atoms with Crippen molar-refractivity contribution in [3.63, 3.8) is 0 Å². The second-order valence-corrected chi connectivity index (χ2v) is 10.3. The molecule has 9 heteroatoms. The summed E-state index contributed by atoms with van der Waals surface area (Å²) in [5.74, 6) is 0.562. The maximum absolute atomic E-state index is 13.3. The van der Waals surface area contributed by atoms with E-state index in [1.807, 2.05) is 30.3 Å². The van der Waals surface area contributed by atoms with Crippen molar-refractivity contribution in [1.82, 2.24) is 9.97 Å². The summed E-state index contributed by atoms with van der Waals surface area (Å²) in [7, 11) is -1.69. The molecule has 0 aliphatic rings. The third-order valence-electron chi connectivity index (χ3n) is 4.91. The summed E-state index contributed by atoms with van der Waals surface area (Å²) in [5, 5.41) is 0.586. The highest BCUT2D eigenvalue weighted by Crippen LogP contribution is 2.32. The molecule has 2 aromatic carbocycles. The zero-order valence-corrected chi connectivity index (χ0v) is 19.2. The number of carbonyl (C=O) groups is 1. The minimum atomic E-state index is -3.29. The summed E-state index contributed by atoms with van der Waals surface area (Å²) in [4.78, 5) is 23.9. The molecule has 0 saturated carbocycles. The average Bonchev–Trinajstić information content (AvgIpc) is 3.20. The smallest absolute Gasteiger partial charge is 0.233 e. The van der Waals surface area contributed by atoms with Crippen molar-refractivity contribution in [3.05, 3.63) is 78.1 Å². The van der Waals surface area contributed by atoms with Gasteiger partial charge in [-0.1, -0.05) is 23.5 Å². The number of hydrogen-bond donors (Lipinski definition) is 0. The second-order valence-electron chi connectivity index (χ2n) is 7.26. The van der Waals surface area contributed by atoms with Gasteiger partial charge in [0.2, 0.25) is 5.91 Å². The fourth-order valence-corrected chi connectivity index (χ4v) is 4.79. The number of pyridine rings is 1. The van der Waals surface area contributed by atoms with E-state index in [1.165, 1.54) is 23.5 Å². The summed E-state index contributed by atoms with van der Waals surface area (Å²) in [6.07, 6.45) is 4.65. The molecule has 164 valence electrons. The Labute approximate surface area is 190 Å². The van der Waals surface area contributed by atoms with Crippen molar-refractivity contribution in [3.8, 4) is 5.75 Å². The molecule has 0 N–H and O–H groups in total. The molecule has 2 heterocycles. The number of anilines is 1. The molecule has 1 amide bonds. The van der Waals surface area contributed by atoms with Crippen LogP contribution in [-0.2, 0) is 27.6 Å². The first-order chi connectivity index (χ1) is 15.3. The first-order valence-electron chi connectivity index (χ1n) is 9.76. The number of hydrogen-bond acceptors (Lipinski definition) is 7. The zero-order chi connectivity index (χ0) is 22.7. The quantitative estimate of drug-likeness (QED) is 0.410. The third kappa shape index (κ3) is 4.95. The van der Waals surface area contributed by atoms with Gasteiger partial charge in [0.25, 0.3) is 0 Å². The Morgan fingerprint density at radius 1 is 1.03 bits per heavy atom. The minimum Gasteiger partial charge on any atom is -0.497 e. The largest absolute Gasteiger partial charge is 0.497 e. The number of rotatable bonds is 7. The van der Waals surface area contributed by atoms with E-state index in [4.69, 9.17) is 4.74 Å². The predicted octanol–water partition coefficient (Wildman–Crippen LogP) is 3.88. The van der Waals surface area contributed by atoms with Crippen LogP contribution in [0, 0.1) is 0 Å². The molecule has 0 radical (unpaired) electrons. The van der Waals surface area contributed by atoms with E-state index in [-0.39, 0.29) is 17.2 Å². The maximum atomic E-state index is 13.3. The Hall–Kier alpha value is -3.30. The molecule has 0 saturated heterocycles. The van der Waals surface area contributed by atoms with Gasteiger partial charge in [-0.05, 0) is 47.5 Å². The fourth-order valence-electron chi connectivity index (χ4n) is 3.20. The van der Waals surface area contributed by atoms with Gasteiger partial charge in [-0.2, -0.15) is 0 Å². The fraction of sp³-hybridized carbons (Fsp3) is 0.174. The molecule has 0 spiro atoms. The normalized spacial score (nSPS) is 11.4. The van der Waals surface area contributed by atoms with Crippen molar-refractivity contribution < 1.29 is 17.9 Å². The molecule has 0 unspecified atom stereocenters. The van der Waals surface area contributed by atoms with E-state index in [2.05, 4.69) is 9.97 Å². The van der Waals surface area contributed by atoms with Crippen molar-refractivity contribution in [1.29, 1.82) is 0 Å². The highest BCUT2D eigenvalue weighted by molar-refractivity contribution is 7.90. The van der Waals surface area contributed by atoms with Crippen molar-refractivity contribution in [2.24, 2.45) is 0 Å². The van der Waals surface area contributed by atoms with Crippen molar-refractivity contribution >= 4 is 42.4 Å². The van der Waals surface area contributed by atoms with Gasteiger partial charge in [0.1, 0.15) is 5.75 Å². The predicted molar refractivity (Wildman–Crippen MR) is 125 cm³/mol. The van der Waals surface area contributed by atoms with Gasteiger partial charge in [0, 0.05) is 24.7 Å². The van der Waals surface area contributed by atoms with Crippen LogP contribution in [0.25, 0.3) is 10.2 Å². The Morgan fingerprint density at radius 3 is 2.41 bits per heavy atom. The van der Waals surface area contributed by atoms with Crippen molar-refractivity contribution in [2.75, 3.05) is 18.3 Å². The standard InChI is InChI=1S/C23H21N3O4S2/c1-30-18-5-8-21-20(14-18)25-23(31-21)26(15-17-9-11-24-12-10-17)22(27)13-16-3-6-19(7-4-16)32(2,28)29/h3-12,14H,13,15H2,1-2H3. The van der Waals surface area contributed by atoms with Gasteiger partial charge in [-0.3, -0.25) is 14.7 Å². The Morgan fingerprint density at radius 2 is 1.75 bits per heavy atom. The molecule has 32 heavy (non-hydrogen) atoms. The molecule has 2 aromatic heterocycles. The van der Waals surface area contributed by atoms with Crippen molar-refractivity contribution in [2.45, 2.75) is 17.9 Å². The number of fused-ring (bicyclic) bond motifs is 1. The van der Waals surface area contributed by atoms with Crippen LogP contribution < -0.4 is 9.64 Å². The molecule has 4 rings (SSSR count). The van der Waals surface area contributed by atoms with E-state index in [0.717, 1.165) is 27.6 Å². The molecule has 0 aliphatic heterocycles. The lowest BCUT2D eigenvalue weighted by Gasteiger charge is -2.20. The average molecular weight is 468 g/mol. The lowest BCUT2D eigenvalue weighted by atomic mass is 10.1.